The summed E-state index contributed by atoms with van der Waals surface area (Å²) in [4.78, 5) is 30.1. The highest BCUT2D eigenvalue weighted by Gasteiger charge is 2.89. The lowest BCUT2D eigenvalue weighted by Crippen LogP contribution is -2.86. The third-order valence-corrected chi connectivity index (χ3v) is 14.3. The molecule has 51 heavy (non-hydrogen) atoms. The SMILES string of the molecule is COC(=O)[C@]1(c2cc(C(F)(F)F)cc(C(F)(F)F)c2)O[C@@]2(O[Si](C)(C)C(C)(C)C)N(C(=O)OC(C)(C)C)c3ccccc3[C@]21Cc1ccccc1. The number of hydrogen-bond donors (Lipinski definition) is 0. The Kier molecular flexibility index (Phi) is 9.09. The molecule has 2 aliphatic rings. The first-order valence-electron chi connectivity index (χ1n) is 16.2. The molecule has 14 heteroatoms. The average Bonchev–Trinajstić information content (AvgIpc) is 3.17. The molecule has 2 aliphatic heterocycles. The van der Waals surface area contributed by atoms with E-state index in [1.54, 1.807) is 75.4 Å². The fourth-order valence-corrected chi connectivity index (χ4v) is 8.00. The van der Waals surface area contributed by atoms with Gasteiger partial charge in [-0.2, -0.15) is 26.3 Å². The number of anilines is 1. The minimum atomic E-state index is -5.26. The lowest BCUT2D eigenvalue weighted by Gasteiger charge is -2.67. The lowest BCUT2D eigenvalue weighted by atomic mass is 9.55. The predicted octanol–water partition coefficient (Wildman–Crippen LogP) is 9.73. The Morgan fingerprint density at radius 1 is 0.804 bits per heavy atom. The van der Waals surface area contributed by atoms with E-state index in [4.69, 9.17) is 18.6 Å². The van der Waals surface area contributed by atoms with E-state index in [0.717, 1.165) is 12.0 Å². The van der Waals surface area contributed by atoms with Gasteiger partial charge in [-0.3, -0.25) is 0 Å². The molecule has 0 aliphatic carbocycles. The summed E-state index contributed by atoms with van der Waals surface area (Å²) < 4.78 is 111. The van der Waals surface area contributed by atoms with Crippen molar-refractivity contribution >= 4 is 26.1 Å². The number of esters is 1. The molecule has 0 bridgehead atoms. The number of para-hydroxylation sites is 1. The molecule has 0 spiro atoms. The maximum atomic E-state index is 14.5. The Hall–Kier alpha value is -3.88. The molecular weight excluding hydrogens is 696 g/mol. The van der Waals surface area contributed by atoms with Gasteiger partial charge in [0.25, 0.3) is 5.91 Å². The molecule has 3 aromatic rings. The number of carbonyl (C=O) groups excluding carboxylic acids is 2. The maximum absolute atomic E-state index is 14.5. The summed E-state index contributed by atoms with van der Waals surface area (Å²) in [6.07, 6.45) is -11.7. The Labute approximate surface area is 294 Å². The van der Waals surface area contributed by atoms with Crippen LogP contribution in [0.15, 0.2) is 72.8 Å². The van der Waals surface area contributed by atoms with E-state index in [2.05, 4.69) is 0 Å². The van der Waals surface area contributed by atoms with Crippen LogP contribution in [0.5, 0.6) is 0 Å². The van der Waals surface area contributed by atoms with E-state index in [-0.39, 0.29) is 23.7 Å². The maximum Gasteiger partial charge on any atom is 0.419 e. The van der Waals surface area contributed by atoms with Crippen LogP contribution in [-0.2, 0) is 53.2 Å². The summed E-state index contributed by atoms with van der Waals surface area (Å²) in [7, 11) is -2.20. The van der Waals surface area contributed by atoms with Crippen molar-refractivity contribution < 1.29 is 54.6 Å². The van der Waals surface area contributed by atoms with E-state index in [0.29, 0.717) is 17.7 Å². The molecule has 276 valence electrons. The molecule has 0 saturated carbocycles. The molecule has 2 heterocycles. The first kappa shape index (κ1) is 38.4. The van der Waals surface area contributed by atoms with Gasteiger partial charge in [-0.1, -0.05) is 69.3 Å². The number of alkyl halides is 6. The van der Waals surface area contributed by atoms with Crippen LogP contribution in [0.25, 0.3) is 0 Å². The molecule has 0 unspecified atom stereocenters. The molecule has 0 N–H and O–H groups in total. The van der Waals surface area contributed by atoms with Gasteiger partial charge in [-0.15, -0.1) is 0 Å². The first-order chi connectivity index (χ1) is 23.3. The van der Waals surface area contributed by atoms with Crippen LogP contribution in [0.4, 0.5) is 36.8 Å². The summed E-state index contributed by atoms with van der Waals surface area (Å²) in [5, 5.41) is -0.582. The Morgan fingerprint density at radius 2 is 1.33 bits per heavy atom. The van der Waals surface area contributed by atoms with Crippen LogP contribution >= 0.6 is 0 Å². The number of carbonyl (C=O) groups is 2. The number of halogens is 6. The number of hydrogen-bond acceptors (Lipinski definition) is 6. The summed E-state index contributed by atoms with van der Waals surface area (Å²) in [6.45, 7) is 14.3. The second-order valence-corrected chi connectivity index (χ2v) is 20.1. The second-order valence-electron chi connectivity index (χ2n) is 15.4. The number of amides is 1. The van der Waals surface area contributed by atoms with Crippen molar-refractivity contribution in [1.82, 2.24) is 0 Å². The molecule has 0 radical (unpaired) electrons. The van der Waals surface area contributed by atoms with Crippen molar-refractivity contribution in [3.05, 3.63) is 101 Å². The molecule has 0 aromatic heterocycles. The molecule has 5 rings (SSSR count). The highest BCUT2D eigenvalue weighted by molar-refractivity contribution is 6.74. The van der Waals surface area contributed by atoms with Gasteiger partial charge in [0.05, 0.1) is 23.9 Å². The summed E-state index contributed by atoms with van der Waals surface area (Å²) in [5.74, 6) is -3.63. The summed E-state index contributed by atoms with van der Waals surface area (Å²) in [6, 6.07) is 15.7. The molecule has 3 aromatic carbocycles. The molecule has 1 saturated heterocycles. The number of benzene rings is 3. The van der Waals surface area contributed by atoms with Gasteiger partial charge in [-0.05, 0) is 86.3 Å². The zero-order chi connectivity index (χ0) is 38.2. The van der Waals surface area contributed by atoms with Gasteiger partial charge in [0.1, 0.15) is 11.0 Å². The average molecular weight is 738 g/mol. The van der Waals surface area contributed by atoms with Crippen molar-refractivity contribution in [2.75, 3.05) is 12.0 Å². The third kappa shape index (κ3) is 6.02. The highest BCUT2D eigenvalue weighted by atomic mass is 28.4. The van der Waals surface area contributed by atoms with Crippen molar-refractivity contribution in [3.8, 4) is 0 Å². The smallest absolute Gasteiger partial charge is 0.419 e. The fraction of sp³-hybridized carbons (Fsp3) is 0.459. The summed E-state index contributed by atoms with van der Waals surface area (Å²) in [5.41, 5.74) is -9.10. The standard InChI is InChI=1S/C37H41F6NO6Si/c1-31(2,3)48-30(46)44-28-18-14-13-17-27(28)33(22-23-15-11-10-12-16-23)34(29(45)47-7,49-37(33,44)50-51(8,9)32(4,5)6)24-19-25(35(38,39)40)21-26(20-24)36(41,42)43/h10-21H,22H2,1-9H3/t33-,34-,37-/m0/s1. The van der Waals surface area contributed by atoms with Crippen molar-refractivity contribution in [1.29, 1.82) is 0 Å². The number of ether oxygens (including phenoxy) is 3. The minimum Gasteiger partial charge on any atom is -0.467 e. The number of methoxy groups -OCH3 is 1. The highest BCUT2D eigenvalue weighted by Crippen LogP contribution is 2.73. The molecule has 1 amide bonds. The van der Waals surface area contributed by atoms with Crippen LogP contribution in [-0.4, -0.2) is 39.0 Å². The van der Waals surface area contributed by atoms with Crippen molar-refractivity contribution in [3.63, 3.8) is 0 Å². The molecule has 1 fully saturated rings. The van der Waals surface area contributed by atoms with Crippen LogP contribution in [0.3, 0.4) is 0 Å². The van der Waals surface area contributed by atoms with E-state index >= 15 is 0 Å². The number of nitrogens with zero attached hydrogens (tertiary/aromatic N) is 1. The third-order valence-electron chi connectivity index (χ3n) is 9.89. The van der Waals surface area contributed by atoms with Gasteiger partial charge in [-0.25, -0.2) is 14.5 Å². The first-order valence-corrected chi connectivity index (χ1v) is 19.1. The van der Waals surface area contributed by atoms with Crippen LogP contribution in [0.1, 0.15) is 69.4 Å². The Balaban J connectivity index is 2.00. The van der Waals surface area contributed by atoms with E-state index < -0.39 is 77.0 Å². The topological polar surface area (TPSA) is 74.3 Å². The zero-order valence-electron chi connectivity index (χ0n) is 29.8. The lowest BCUT2D eigenvalue weighted by molar-refractivity contribution is -0.407. The van der Waals surface area contributed by atoms with E-state index in [1.807, 2.05) is 33.9 Å². The molecular formula is C37H41F6NO6Si. The van der Waals surface area contributed by atoms with Gasteiger partial charge in [0.2, 0.25) is 5.60 Å². The van der Waals surface area contributed by atoms with Gasteiger partial charge in [0, 0.05) is 0 Å². The Morgan fingerprint density at radius 3 is 1.82 bits per heavy atom. The van der Waals surface area contributed by atoms with Crippen LogP contribution in [0.2, 0.25) is 18.1 Å². The minimum absolute atomic E-state index is 0.0218. The van der Waals surface area contributed by atoms with E-state index in [9.17, 15) is 35.9 Å². The van der Waals surface area contributed by atoms with E-state index in [1.165, 1.54) is 0 Å². The van der Waals surface area contributed by atoms with Crippen molar-refractivity contribution in [2.45, 2.75) is 101 Å². The summed E-state index contributed by atoms with van der Waals surface area (Å²) >= 11 is 0. The zero-order valence-corrected chi connectivity index (χ0v) is 30.8. The monoisotopic (exact) mass is 737 g/mol. The molecule has 3 atom stereocenters. The fourth-order valence-electron chi connectivity index (χ4n) is 6.70. The normalized spacial score (nSPS) is 23.6. The number of rotatable bonds is 6. The van der Waals surface area contributed by atoms with Crippen LogP contribution in [0, 0.1) is 0 Å². The predicted molar refractivity (Wildman–Crippen MR) is 179 cm³/mol. The second kappa shape index (κ2) is 12.1. The quantitative estimate of drug-likeness (QED) is 0.143. The van der Waals surface area contributed by atoms with Crippen LogP contribution < -0.4 is 4.90 Å². The molecule has 7 nitrogen and oxygen atoms in total. The van der Waals surface area contributed by atoms with Gasteiger partial charge < -0.3 is 18.6 Å². The van der Waals surface area contributed by atoms with Gasteiger partial charge >= 0.3 is 24.4 Å². The number of fused-ring (bicyclic) bond motifs is 3. The van der Waals surface area contributed by atoms with Gasteiger partial charge in [0.15, 0.2) is 8.32 Å². The Bertz CT molecular complexity index is 1800. The largest absolute Gasteiger partial charge is 0.467 e. The van der Waals surface area contributed by atoms with Crippen molar-refractivity contribution in [2.24, 2.45) is 0 Å².